The third-order valence-corrected chi connectivity index (χ3v) is 3.51. The molecule has 0 bridgehead atoms. The van der Waals surface area contributed by atoms with Crippen molar-refractivity contribution in [3.63, 3.8) is 0 Å². The number of hydrogen-bond acceptors (Lipinski definition) is 3. The standard InChI is InChI=1S/C13H15NO4/c14-13(12(17)18,10-6-9(10)11(15)16)7-8-4-2-1-3-5-8/h1-5,9-10H,6-7,14H2,(H,15,16)(H,17,18)/t9-,10?,13+/m0/s1. The van der Waals surface area contributed by atoms with Crippen molar-refractivity contribution in [2.24, 2.45) is 17.6 Å². The molecule has 0 aliphatic heterocycles. The normalized spacial score (nSPS) is 25.2. The fraction of sp³-hybridized carbons (Fsp3) is 0.385. The van der Waals surface area contributed by atoms with Gasteiger partial charge in [0.1, 0.15) is 5.54 Å². The van der Waals surface area contributed by atoms with Crippen molar-refractivity contribution < 1.29 is 19.8 Å². The summed E-state index contributed by atoms with van der Waals surface area (Å²) in [6.45, 7) is 0. The highest BCUT2D eigenvalue weighted by Crippen LogP contribution is 2.46. The second-order valence-electron chi connectivity index (χ2n) is 4.79. The molecule has 1 saturated carbocycles. The molecule has 1 aliphatic rings. The van der Waals surface area contributed by atoms with E-state index in [4.69, 9.17) is 10.8 Å². The molecular weight excluding hydrogens is 234 g/mol. The molecule has 0 heterocycles. The van der Waals surface area contributed by atoms with Gasteiger partial charge < -0.3 is 15.9 Å². The molecule has 4 N–H and O–H groups in total. The fourth-order valence-electron chi connectivity index (χ4n) is 2.34. The van der Waals surface area contributed by atoms with E-state index in [2.05, 4.69) is 0 Å². The first-order valence-corrected chi connectivity index (χ1v) is 5.74. The summed E-state index contributed by atoms with van der Waals surface area (Å²) in [5.74, 6) is -3.23. The van der Waals surface area contributed by atoms with Gasteiger partial charge in [-0.2, -0.15) is 0 Å². The van der Waals surface area contributed by atoms with Crippen molar-refractivity contribution in [1.29, 1.82) is 0 Å². The Balaban J connectivity index is 2.19. The molecule has 18 heavy (non-hydrogen) atoms. The summed E-state index contributed by atoms with van der Waals surface area (Å²) in [5, 5.41) is 18.2. The molecule has 1 unspecified atom stereocenters. The van der Waals surface area contributed by atoms with E-state index in [1.165, 1.54) is 0 Å². The van der Waals surface area contributed by atoms with Crippen LogP contribution in [-0.4, -0.2) is 27.7 Å². The van der Waals surface area contributed by atoms with Gasteiger partial charge in [-0.15, -0.1) is 0 Å². The highest BCUT2D eigenvalue weighted by Gasteiger charge is 2.58. The molecule has 2 rings (SSSR count). The summed E-state index contributed by atoms with van der Waals surface area (Å²) in [7, 11) is 0. The number of hydrogen-bond donors (Lipinski definition) is 3. The van der Waals surface area contributed by atoms with Crippen LogP contribution in [0, 0.1) is 11.8 Å². The molecule has 0 saturated heterocycles. The van der Waals surface area contributed by atoms with Crippen LogP contribution in [0.2, 0.25) is 0 Å². The average Bonchev–Trinajstić information content (AvgIpc) is 3.10. The van der Waals surface area contributed by atoms with Gasteiger partial charge >= 0.3 is 11.9 Å². The van der Waals surface area contributed by atoms with E-state index in [9.17, 15) is 14.7 Å². The summed E-state index contributed by atoms with van der Waals surface area (Å²) in [6.07, 6.45) is 0.489. The van der Waals surface area contributed by atoms with Crippen LogP contribution in [0.1, 0.15) is 12.0 Å². The van der Waals surface area contributed by atoms with E-state index < -0.39 is 29.3 Å². The summed E-state index contributed by atoms with van der Waals surface area (Å²) in [5.41, 5.74) is 5.25. The topological polar surface area (TPSA) is 101 Å². The van der Waals surface area contributed by atoms with Gasteiger partial charge in [0.2, 0.25) is 0 Å². The smallest absolute Gasteiger partial charge is 0.324 e. The SMILES string of the molecule is N[C@@](Cc1ccccc1)(C(=O)O)C1C[C@@H]1C(=O)O. The lowest BCUT2D eigenvalue weighted by molar-refractivity contribution is -0.145. The first-order chi connectivity index (χ1) is 8.45. The monoisotopic (exact) mass is 249 g/mol. The molecule has 1 aliphatic carbocycles. The number of carbonyl (C=O) groups is 2. The number of carboxylic acid groups (broad SMARTS) is 2. The summed E-state index contributed by atoms with van der Waals surface area (Å²) >= 11 is 0. The van der Waals surface area contributed by atoms with Crippen molar-refractivity contribution in [2.75, 3.05) is 0 Å². The summed E-state index contributed by atoms with van der Waals surface area (Å²) in [6, 6.07) is 9.03. The molecule has 5 heteroatoms. The van der Waals surface area contributed by atoms with Crippen LogP contribution in [0.3, 0.4) is 0 Å². The minimum atomic E-state index is -1.50. The molecule has 0 aromatic heterocycles. The van der Waals surface area contributed by atoms with E-state index in [0.717, 1.165) is 5.56 Å². The summed E-state index contributed by atoms with van der Waals surface area (Å²) in [4.78, 5) is 22.2. The van der Waals surface area contributed by atoms with Crippen molar-refractivity contribution >= 4 is 11.9 Å². The molecule has 1 aromatic rings. The van der Waals surface area contributed by atoms with Gasteiger partial charge in [0.05, 0.1) is 5.92 Å². The fourth-order valence-corrected chi connectivity index (χ4v) is 2.34. The Hall–Kier alpha value is -1.88. The first-order valence-electron chi connectivity index (χ1n) is 5.74. The molecule has 3 atom stereocenters. The van der Waals surface area contributed by atoms with Gasteiger partial charge in [0.25, 0.3) is 0 Å². The maximum Gasteiger partial charge on any atom is 0.324 e. The highest BCUT2D eigenvalue weighted by molar-refractivity contribution is 5.83. The van der Waals surface area contributed by atoms with Crippen molar-refractivity contribution in [3.8, 4) is 0 Å². The number of aliphatic carboxylic acids is 2. The molecule has 5 nitrogen and oxygen atoms in total. The van der Waals surface area contributed by atoms with E-state index in [1.807, 2.05) is 6.07 Å². The number of nitrogens with two attached hydrogens (primary N) is 1. The van der Waals surface area contributed by atoms with Crippen LogP contribution in [0.4, 0.5) is 0 Å². The molecule has 0 radical (unpaired) electrons. The molecule has 0 spiro atoms. The van der Waals surface area contributed by atoms with Gasteiger partial charge in [-0.1, -0.05) is 30.3 Å². The molecular formula is C13H15NO4. The minimum absolute atomic E-state index is 0.150. The van der Waals surface area contributed by atoms with E-state index >= 15 is 0 Å². The molecule has 96 valence electrons. The zero-order valence-electron chi connectivity index (χ0n) is 9.74. The zero-order valence-corrected chi connectivity index (χ0v) is 9.74. The van der Waals surface area contributed by atoms with Crippen LogP contribution in [0.15, 0.2) is 30.3 Å². The lowest BCUT2D eigenvalue weighted by Gasteiger charge is -2.25. The Morgan fingerprint density at radius 2 is 1.89 bits per heavy atom. The Kier molecular flexibility index (Phi) is 3.09. The van der Waals surface area contributed by atoms with Crippen molar-refractivity contribution in [1.82, 2.24) is 0 Å². The Bertz CT molecular complexity index is 473. The van der Waals surface area contributed by atoms with Gasteiger partial charge in [-0.25, -0.2) is 0 Å². The lowest BCUT2D eigenvalue weighted by atomic mass is 9.86. The quantitative estimate of drug-likeness (QED) is 0.714. The van der Waals surface area contributed by atoms with Crippen molar-refractivity contribution in [3.05, 3.63) is 35.9 Å². The largest absolute Gasteiger partial charge is 0.481 e. The molecule has 1 aromatic carbocycles. The number of benzene rings is 1. The lowest BCUT2D eigenvalue weighted by Crippen LogP contribution is -2.52. The van der Waals surface area contributed by atoms with E-state index in [-0.39, 0.29) is 6.42 Å². The van der Waals surface area contributed by atoms with Gasteiger partial charge in [-0.3, -0.25) is 9.59 Å². The second kappa shape index (κ2) is 4.42. The number of carboxylic acids is 2. The van der Waals surface area contributed by atoms with Gasteiger partial charge in [-0.05, 0) is 12.0 Å². The van der Waals surface area contributed by atoms with Gasteiger partial charge in [0.15, 0.2) is 0 Å². The maximum absolute atomic E-state index is 11.4. The van der Waals surface area contributed by atoms with Crippen LogP contribution in [0.5, 0.6) is 0 Å². The maximum atomic E-state index is 11.4. The second-order valence-corrected chi connectivity index (χ2v) is 4.79. The average molecular weight is 249 g/mol. The van der Waals surface area contributed by atoms with Gasteiger partial charge in [0, 0.05) is 12.3 Å². The predicted octanol–water partition coefficient (Wildman–Crippen LogP) is 0.732. The van der Waals surface area contributed by atoms with Crippen LogP contribution >= 0.6 is 0 Å². The van der Waals surface area contributed by atoms with E-state index in [1.54, 1.807) is 24.3 Å². The van der Waals surface area contributed by atoms with E-state index in [0.29, 0.717) is 6.42 Å². The molecule has 0 amide bonds. The van der Waals surface area contributed by atoms with Crippen LogP contribution in [0.25, 0.3) is 0 Å². The zero-order chi connectivity index (χ0) is 13.3. The van der Waals surface area contributed by atoms with Crippen LogP contribution in [-0.2, 0) is 16.0 Å². The minimum Gasteiger partial charge on any atom is -0.481 e. The third kappa shape index (κ3) is 2.22. The Labute approximate surface area is 104 Å². The predicted molar refractivity (Wildman–Crippen MR) is 63.9 cm³/mol. The van der Waals surface area contributed by atoms with Crippen LogP contribution < -0.4 is 5.73 Å². The third-order valence-electron chi connectivity index (χ3n) is 3.51. The number of rotatable bonds is 5. The first kappa shape index (κ1) is 12.6. The van der Waals surface area contributed by atoms with Crippen molar-refractivity contribution in [2.45, 2.75) is 18.4 Å². The highest BCUT2D eigenvalue weighted by atomic mass is 16.4. The molecule has 1 fully saturated rings. The Morgan fingerprint density at radius 3 is 2.33 bits per heavy atom. The summed E-state index contributed by atoms with van der Waals surface area (Å²) < 4.78 is 0. The Morgan fingerprint density at radius 1 is 1.28 bits per heavy atom.